The molecule has 0 amide bonds. The van der Waals surface area contributed by atoms with Crippen LogP contribution in [-0.4, -0.2) is 23.8 Å². The molecule has 0 radical (unpaired) electrons. The topological polar surface area (TPSA) is 12.0 Å². The van der Waals surface area contributed by atoms with Gasteiger partial charge in [-0.05, 0) is 19.4 Å². The van der Waals surface area contributed by atoms with E-state index in [9.17, 15) is 0 Å². The fraction of sp³-hybridized carbons (Fsp3) is 1.00. The molecule has 0 aromatic rings. The average Bonchev–Trinajstić information content (AvgIpc) is 2.19. The summed E-state index contributed by atoms with van der Waals surface area (Å²) in [6.07, 6.45) is 2.42. The normalized spacial score (nSPS) is 12.5. The molecule has 0 atom stereocenters. The quantitative estimate of drug-likeness (QED) is 0.657. The molecule has 0 spiro atoms. The lowest BCUT2D eigenvalue weighted by Gasteiger charge is -2.28. The van der Waals surface area contributed by atoms with Crippen molar-refractivity contribution in [3.8, 4) is 0 Å². The Balaban J connectivity index is 3.83. The van der Waals surface area contributed by atoms with Crippen LogP contribution in [0.5, 0.6) is 0 Å². The summed E-state index contributed by atoms with van der Waals surface area (Å²) in [6, 6.07) is 0. The third-order valence-corrected chi connectivity index (χ3v) is 3.74. The van der Waals surface area contributed by atoms with E-state index in [-0.39, 0.29) is 5.54 Å². The van der Waals surface area contributed by atoms with Crippen LogP contribution in [0.25, 0.3) is 0 Å². The number of hydrogen-bond acceptors (Lipinski definition) is 1. The molecule has 0 bridgehead atoms. The lowest BCUT2D eigenvalue weighted by molar-refractivity contribution is 0.365. The van der Waals surface area contributed by atoms with Crippen LogP contribution in [0.1, 0.15) is 33.6 Å². The van der Waals surface area contributed by atoms with Gasteiger partial charge in [-0.1, -0.05) is 26.7 Å². The van der Waals surface area contributed by atoms with Crippen molar-refractivity contribution in [1.82, 2.24) is 5.32 Å². The zero-order valence-corrected chi connectivity index (χ0v) is 10.4. The summed E-state index contributed by atoms with van der Waals surface area (Å²) in [5.41, 5.74) is -0.105. The van der Waals surface area contributed by atoms with E-state index in [0.29, 0.717) is 11.8 Å². The Labute approximate surface area is 92.2 Å². The maximum atomic E-state index is 5.83. The van der Waals surface area contributed by atoms with Gasteiger partial charge in [-0.25, -0.2) is 0 Å². The van der Waals surface area contributed by atoms with E-state index in [1.165, 1.54) is 12.8 Å². The minimum Gasteiger partial charge on any atom is -0.309 e. The first-order valence-corrected chi connectivity index (χ1v) is 6.05. The van der Waals surface area contributed by atoms with E-state index in [0.717, 1.165) is 12.5 Å². The first kappa shape index (κ1) is 13.5. The van der Waals surface area contributed by atoms with Crippen LogP contribution in [0.4, 0.5) is 0 Å². The van der Waals surface area contributed by atoms with Crippen LogP contribution in [0.15, 0.2) is 0 Å². The van der Waals surface area contributed by atoms with Gasteiger partial charge in [0.15, 0.2) is 0 Å². The molecule has 0 unspecified atom stereocenters. The van der Waals surface area contributed by atoms with Crippen LogP contribution >= 0.6 is 23.2 Å². The molecule has 0 saturated heterocycles. The van der Waals surface area contributed by atoms with E-state index in [2.05, 4.69) is 26.1 Å². The summed E-state index contributed by atoms with van der Waals surface area (Å²) in [4.78, 5) is 0. The molecule has 1 nitrogen and oxygen atoms in total. The Morgan fingerprint density at radius 3 is 1.92 bits per heavy atom. The molecule has 13 heavy (non-hydrogen) atoms. The second-order valence-electron chi connectivity index (χ2n) is 3.89. The van der Waals surface area contributed by atoms with Gasteiger partial charge < -0.3 is 5.32 Å². The van der Waals surface area contributed by atoms with Crippen molar-refractivity contribution in [3.05, 3.63) is 0 Å². The number of nitrogens with one attached hydrogen (secondary N) is 1. The predicted molar refractivity (Wildman–Crippen MR) is 61.9 cm³/mol. The van der Waals surface area contributed by atoms with Gasteiger partial charge in [0.25, 0.3) is 0 Å². The molecule has 1 N–H and O–H groups in total. The Hall–Kier alpha value is 0.540. The van der Waals surface area contributed by atoms with Gasteiger partial charge in [0.05, 0.1) is 0 Å². The van der Waals surface area contributed by atoms with Crippen LogP contribution in [0.2, 0.25) is 0 Å². The second kappa shape index (κ2) is 6.92. The number of hydrogen-bond donors (Lipinski definition) is 1. The van der Waals surface area contributed by atoms with E-state index < -0.39 is 0 Å². The monoisotopic (exact) mass is 225 g/mol. The highest BCUT2D eigenvalue weighted by molar-refractivity contribution is 6.22. The standard InChI is InChI=1S/C10H21Cl2N/c1-4-9(5-2)6-13-10(3,7-11)8-12/h9,13H,4-8H2,1-3H3. The molecule has 0 aromatic heterocycles. The lowest BCUT2D eigenvalue weighted by Crippen LogP contribution is -2.47. The molecule has 0 heterocycles. The van der Waals surface area contributed by atoms with Crippen LogP contribution in [0.3, 0.4) is 0 Å². The van der Waals surface area contributed by atoms with Crippen molar-refractivity contribution in [3.63, 3.8) is 0 Å². The van der Waals surface area contributed by atoms with Crippen LogP contribution in [0, 0.1) is 5.92 Å². The lowest BCUT2D eigenvalue weighted by atomic mass is 10.0. The highest BCUT2D eigenvalue weighted by Gasteiger charge is 2.21. The van der Waals surface area contributed by atoms with Gasteiger partial charge in [-0.15, -0.1) is 23.2 Å². The highest BCUT2D eigenvalue weighted by Crippen LogP contribution is 2.12. The van der Waals surface area contributed by atoms with Gasteiger partial charge in [-0.2, -0.15) is 0 Å². The second-order valence-corrected chi connectivity index (χ2v) is 4.43. The van der Waals surface area contributed by atoms with Gasteiger partial charge in [-0.3, -0.25) is 0 Å². The van der Waals surface area contributed by atoms with Gasteiger partial charge in [0.2, 0.25) is 0 Å². The molecule has 80 valence electrons. The first-order chi connectivity index (χ1) is 6.11. The molecular weight excluding hydrogens is 205 g/mol. The molecule has 0 aromatic carbocycles. The Bertz CT molecular complexity index is 120. The van der Waals surface area contributed by atoms with Crippen molar-refractivity contribution in [2.45, 2.75) is 39.2 Å². The number of halogens is 2. The number of alkyl halides is 2. The van der Waals surface area contributed by atoms with Crippen molar-refractivity contribution in [2.75, 3.05) is 18.3 Å². The minimum absolute atomic E-state index is 0.105. The van der Waals surface area contributed by atoms with Gasteiger partial charge in [0.1, 0.15) is 0 Å². The molecule has 0 aliphatic heterocycles. The largest absolute Gasteiger partial charge is 0.309 e. The van der Waals surface area contributed by atoms with Gasteiger partial charge >= 0.3 is 0 Å². The van der Waals surface area contributed by atoms with Crippen molar-refractivity contribution < 1.29 is 0 Å². The third-order valence-electron chi connectivity index (χ3n) is 2.56. The first-order valence-electron chi connectivity index (χ1n) is 4.98. The predicted octanol–water partition coefficient (Wildman–Crippen LogP) is 3.25. The molecule has 0 saturated carbocycles. The maximum absolute atomic E-state index is 5.83. The Kier molecular flexibility index (Phi) is 7.20. The van der Waals surface area contributed by atoms with E-state index in [4.69, 9.17) is 23.2 Å². The van der Waals surface area contributed by atoms with Crippen molar-refractivity contribution >= 4 is 23.2 Å². The summed E-state index contributed by atoms with van der Waals surface area (Å²) in [5.74, 6) is 1.87. The molecule has 0 aliphatic carbocycles. The zero-order valence-electron chi connectivity index (χ0n) is 8.87. The van der Waals surface area contributed by atoms with E-state index in [1.54, 1.807) is 0 Å². The van der Waals surface area contributed by atoms with Crippen molar-refractivity contribution in [1.29, 1.82) is 0 Å². The van der Waals surface area contributed by atoms with Gasteiger partial charge in [0, 0.05) is 17.3 Å². The fourth-order valence-electron chi connectivity index (χ4n) is 1.10. The van der Waals surface area contributed by atoms with E-state index >= 15 is 0 Å². The highest BCUT2D eigenvalue weighted by atomic mass is 35.5. The zero-order chi connectivity index (χ0) is 10.3. The molecule has 0 aliphatic rings. The number of rotatable bonds is 7. The average molecular weight is 226 g/mol. The molecule has 0 rings (SSSR count). The van der Waals surface area contributed by atoms with Crippen LogP contribution < -0.4 is 5.32 Å². The fourth-order valence-corrected chi connectivity index (χ4v) is 1.57. The molecule has 0 fully saturated rings. The summed E-state index contributed by atoms with van der Waals surface area (Å²) in [5, 5.41) is 3.43. The SMILES string of the molecule is CCC(CC)CNC(C)(CCl)CCl. The van der Waals surface area contributed by atoms with Crippen molar-refractivity contribution in [2.24, 2.45) is 5.92 Å². The molecular formula is C10H21Cl2N. The minimum atomic E-state index is -0.105. The third kappa shape index (κ3) is 5.09. The Morgan fingerprint density at radius 2 is 1.62 bits per heavy atom. The summed E-state index contributed by atoms with van der Waals surface area (Å²) < 4.78 is 0. The van der Waals surface area contributed by atoms with E-state index in [1.807, 2.05) is 0 Å². The summed E-state index contributed by atoms with van der Waals surface area (Å²) in [6.45, 7) is 7.52. The summed E-state index contributed by atoms with van der Waals surface area (Å²) >= 11 is 11.7. The summed E-state index contributed by atoms with van der Waals surface area (Å²) in [7, 11) is 0. The maximum Gasteiger partial charge on any atom is 0.0425 e. The van der Waals surface area contributed by atoms with Crippen LogP contribution in [-0.2, 0) is 0 Å². The molecule has 3 heteroatoms. The smallest absolute Gasteiger partial charge is 0.0425 e. The Morgan fingerprint density at radius 1 is 1.15 bits per heavy atom.